The van der Waals surface area contributed by atoms with Gasteiger partial charge in [-0.1, -0.05) is 12.1 Å². The van der Waals surface area contributed by atoms with Gasteiger partial charge in [-0.25, -0.2) is 0 Å². The fourth-order valence-electron chi connectivity index (χ4n) is 2.11. The first-order chi connectivity index (χ1) is 9.20. The minimum Gasteiger partial charge on any atom is -0.497 e. The summed E-state index contributed by atoms with van der Waals surface area (Å²) in [6.45, 7) is 1.52. The minimum absolute atomic E-state index is 0.0469. The summed E-state index contributed by atoms with van der Waals surface area (Å²) < 4.78 is 5.19. The fourth-order valence-corrected chi connectivity index (χ4v) is 3.04. The van der Waals surface area contributed by atoms with Gasteiger partial charge in [-0.05, 0) is 17.7 Å². The second-order valence-corrected chi connectivity index (χ2v) is 5.78. The van der Waals surface area contributed by atoms with E-state index < -0.39 is 0 Å². The van der Waals surface area contributed by atoms with Crippen LogP contribution in [0.3, 0.4) is 0 Å². The van der Waals surface area contributed by atoms with Crippen LogP contribution in [0.15, 0.2) is 24.3 Å². The standard InChI is InChI=1S/C14H20N2O2S/c1-16(14(17)13-10-19-7-6-15-13)9-11-4-3-5-12(8-11)18-2/h3-5,8,13,15H,6-7,9-10H2,1-2H3. The van der Waals surface area contributed by atoms with Crippen LogP contribution in [0, 0.1) is 0 Å². The molecule has 0 aliphatic carbocycles. The van der Waals surface area contributed by atoms with Crippen molar-refractivity contribution in [3.63, 3.8) is 0 Å². The van der Waals surface area contributed by atoms with Gasteiger partial charge in [0, 0.05) is 31.6 Å². The van der Waals surface area contributed by atoms with Crippen LogP contribution in [0.25, 0.3) is 0 Å². The number of amides is 1. The lowest BCUT2D eigenvalue weighted by atomic mass is 10.2. The molecule has 1 aromatic rings. The maximum atomic E-state index is 12.3. The molecule has 0 radical (unpaired) electrons. The molecule has 1 saturated heterocycles. The van der Waals surface area contributed by atoms with Gasteiger partial charge in [0.2, 0.25) is 5.91 Å². The molecular formula is C14H20N2O2S. The predicted octanol–water partition coefficient (Wildman–Crippen LogP) is 1.36. The topological polar surface area (TPSA) is 41.6 Å². The third-order valence-corrected chi connectivity index (χ3v) is 4.21. The van der Waals surface area contributed by atoms with Crippen molar-refractivity contribution < 1.29 is 9.53 Å². The largest absolute Gasteiger partial charge is 0.497 e. The highest BCUT2D eigenvalue weighted by atomic mass is 32.2. The molecule has 0 aromatic heterocycles. The molecule has 1 fully saturated rings. The molecule has 1 aliphatic heterocycles. The Hall–Kier alpha value is -1.20. The Kier molecular flexibility index (Phi) is 5.10. The molecule has 1 amide bonds. The van der Waals surface area contributed by atoms with E-state index in [0.717, 1.165) is 29.4 Å². The number of hydrogen-bond acceptors (Lipinski definition) is 4. The maximum absolute atomic E-state index is 12.3. The van der Waals surface area contributed by atoms with Gasteiger partial charge in [0.05, 0.1) is 13.2 Å². The lowest BCUT2D eigenvalue weighted by Gasteiger charge is -2.27. The molecule has 2 rings (SSSR count). The number of nitrogens with zero attached hydrogens (tertiary/aromatic N) is 1. The Labute approximate surface area is 118 Å². The highest BCUT2D eigenvalue weighted by molar-refractivity contribution is 7.99. The van der Waals surface area contributed by atoms with Crippen LogP contribution in [0.4, 0.5) is 0 Å². The second kappa shape index (κ2) is 6.82. The van der Waals surface area contributed by atoms with Gasteiger partial charge in [-0.15, -0.1) is 0 Å². The number of ether oxygens (including phenoxy) is 1. The molecular weight excluding hydrogens is 260 g/mol. The fraction of sp³-hybridized carbons (Fsp3) is 0.500. The highest BCUT2D eigenvalue weighted by Crippen LogP contribution is 2.15. The molecule has 0 spiro atoms. The van der Waals surface area contributed by atoms with E-state index in [1.165, 1.54) is 0 Å². The molecule has 1 aromatic carbocycles. The molecule has 104 valence electrons. The van der Waals surface area contributed by atoms with E-state index in [1.54, 1.807) is 12.0 Å². The molecule has 1 heterocycles. The second-order valence-electron chi connectivity index (χ2n) is 4.63. The molecule has 0 saturated carbocycles. The van der Waals surface area contributed by atoms with Crippen LogP contribution in [0.5, 0.6) is 5.75 Å². The van der Waals surface area contributed by atoms with Crippen LogP contribution in [-0.2, 0) is 11.3 Å². The molecule has 0 bridgehead atoms. The van der Waals surface area contributed by atoms with Gasteiger partial charge in [-0.3, -0.25) is 4.79 Å². The summed E-state index contributed by atoms with van der Waals surface area (Å²) in [5.74, 6) is 2.93. The summed E-state index contributed by atoms with van der Waals surface area (Å²) in [4.78, 5) is 14.1. The predicted molar refractivity (Wildman–Crippen MR) is 78.6 cm³/mol. The third-order valence-electron chi connectivity index (χ3n) is 3.15. The van der Waals surface area contributed by atoms with E-state index in [-0.39, 0.29) is 11.9 Å². The number of methoxy groups -OCH3 is 1. The average Bonchev–Trinajstić information content (AvgIpc) is 2.47. The normalized spacial score (nSPS) is 18.9. The Morgan fingerprint density at radius 1 is 1.58 bits per heavy atom. The zero-order chi connectivity index (χ0) is 13.7. The van der Waals surface area contributed by atoms with Crippen molar-refractivity contribution in [3.05, 3.63) is 29.8 Å². The number of likely N-dealkylation sites (N-methyl/N-ethyl adjacent to an activating group) is 1. The molecule has 1 N–H and O–H groups in total. The Bertz CT molecular complexity index is 433. The SMILES string of the molecule is COc1cccc(CN(C)C(=O)C2CSCCN2)c1. The molecule has 5 heteroatoms. The van der Waals surface area contributed by atoms with Gasteiger partial charge in [0.15, 0.2) is 0 Å². The summed E-state index contributed by atoms with van der Waals surface area (Å²) >= 11 is 1.83. The number of rotatable bonds is 4. The van der Waals surface area contributed by atoms with Crippen molar-refractivity contribution in [2.75, 3.05) is 32.2 Å². The molecule has 1 atom stereocenters. The third kappa shape index (κ3) is 3.88. The van der Waals surface area contributed by atoms with E-state index >= 15 is 0 Å². The summed E-state index contributed by atoms with van der Waals surface area (Å²) in [5.41, 5.74) is 1.08. The monoisotopic (exact) mass is 280 g/mol. The van der Waals surface area contributed by atoms with Crippen LogP contribution < -0.4 is 10.1 Å². The van der Waals surface area contributed by atoms with E-state index in [4.69, 9.17) is 4.74 Å². The molecule has 1 unspecified atom stereocenters. The number of hydrogen-bond donors (Lipinski definition) is 1. The number of carbonyl (C=O) groups is 1. The van der Waals surface area contributed by atoms with E-state index in [0.29, 0.717) is 6.54 Å². The Morgan fingerprint density at radius 2 is 2.42 bits per heavy atom. The quantitative estimate of drug-likeness (QED) is 0.904. The lowest BCUT2D eigenvalue weighted by Crippen LogP contribution is -2.49. The summed E-state index contributed by atoms with van der Waals surface area (Å²) in [5, 5.41) is 3.27. The lowest BCUT2D eigenvalue weighted by molar-refractivity contribution is -0.132. The van der Waals surface area contributed by atoms with Gasteiger partial charge >= 0.3 is 0 Å². The molecule has 1 aliphatic rings. The van der Waals surface area contributed by atoms with Crippen molar-refractivity contribution >= 4 is 17.7 Å². The van der Waals surface area contributed by atoms with Crippen LogP contribution in [0.1, 0.15) is 5.56 Å². The zero-order valence-corrected chi connectivity index (χ0v) is 12.2. The van der Waals surface area contributed by atoms with Crippen molar-refractivity contribution in [1.82, 2.24) is 10.2 Å². The zero-order valence-electron chi connectivity index (χ0n) is 11.4. The number of nitrogens with one attached hydrogen (secondary N) is 1. The van der Waals surface area contributed by atoms with Gasteiger partial charge in [-0.2, -0.15) is 11.8 Å². The Morgan fingerprint density at radius 3 is 3.11 bits per heavy atom. The number of benzene rings is 1. The van der Waals surface area contributed by atoms with Gasteiger partial charge in [0.25, 0.3) is 0 Å². The highest BCUT2D eigenvalue weighted by Gasteiger charge is 2.23. The van der Waals surface area contributed by atoms with E-state index in [9.17, 15) is 4.79 Å². The van der Waals surface area contributed by atoms with E-state index in [1.807, 2.05) is 43.1 Å². The Balaban J connectivity index is 1.95. The van der Waals surface area contributed by atoms with Crippen LogP contribution in [0.2, 0.25) is 0 Å². The number of carbonyl (C=O) groups excluding carboxylic acids is 1. The van der Waals surface area contributed by atoms with Gasteiger partial charge in [0.1, 0.15) is 5.75 Å². The summed E-state index contributed by atoms with van der Waals surface area (Å²) in [7, 11) is 3.50. The summed E-state index contributed by atoms with van der Waals surface area (Å²) in [6, 6.07) is 7.78. The first kappa shape index (κ1) is 14.2. The van der Waals surface area contributed by atoms with Gasteiger partial charge < -0.3 is 15.0 Å². The van der Waals surface area contributed by atoms with Crippen molar-refractivity contribution in [2.45, 2.75) is 12.6 Å². The average molecular weight is 280 g/mol. The van der Waals surface area contributed by atoms with Crippen molar-refractivity contribution in [2.24, 2.45) is 0 Å². The van der Waals surface area contributed by atoms with Crippen LogP contribution >= 0.6 is 11.8 Å². The van der Waals surface area contributed by atoms with Crippen molar-refractivity contribution in [3.8, 4) is 5.75 Å². The maximum Gasteiger partial charge on any atom is 0.240 e. The number of thioether (sulfide) groups is 1. The smallest absolute Gasteiger partial charge is 0.240 e. The van der Waals surface area contributed by atoms with Crippen molar-refractivity contribution in [1.29, 1.82) is 0 Å². The first-order valence-corrected chi connectivity index (χ1v) is 7.55. The molecule has 19 heavy (non-hydrogen) atoms. The molecule has 4 nitrogen and oxygen atoms in total. The van der Waals surface area contributed by atoms with Crippen LogP contribution in [-0.4, -0.2) is 49.1 Å². The minimum atomic E-state index is -0.0469. The summed E-state index contributed by atoms with van der Waals surface area (Å²) in [6.07, 6.45) is 0. The van der Waals surface area contributed by atoms with E-state index in [2.05, 4.69) is 5.32 Å². The first-order valence-electron chi connectivity index (χ1n) is 6.39.